The van der Waals surface area contributed by atoms with E-state index in [1.807, 2.05) is 0 Å². The molecular weight excluding hydrogens is 359 g/mol. The molecule has 2 rings (SSSR count). The largest absolute Gasteiger partial charge is 0.322 e. The number of nitrogens with zero attached hydrogens (tertiary/aromatic N) is 1. The Kier molecular flexibility index (Phi) is 5.31. The SMILES string of the molecule is CN(C)S(=O)(=O)c1cc(C(=O)Nc2ccc(Cl)cc2)ccc1Cl. The van der Waals surface area contributed by atoms with Gasteiger partial charge in [-0.3, -0.25) is 4.79 Å². The van der Waals surface area contributed by atoms with E-state index in [2.05, 4.69) is 5.32 Å². The lowest BCUT2D eigenvalue weighted by Gasteiger charge is -2.14. The molecule has 0 atom stereocenters. The molecule has 23 heavy (non-hydrogen) atoms. The number of halogens is 2. The Labute approximate surface area is 144 Å². The van der Waals surface area contributed by atoms with Gasteiger partial charge in [0.05, 0.1) is 5.02 Å². The molecule has 0 radical (unpaired) electrons. The van der Waals surface area contributed by atoms with Crippen molar-refractivity contribution in [2.45, 2.75) is 4.90 Å². The number of amides is 1. The maximum Gasteiger partial charge on any atom is 0.255 e. The lowest BCUT2D eigenvalue weighted by molar-refractivity contribution is 0.102. The molecule has 122 valence electrons. The highest BCUT2D eigenvalue weighted by atomic mass is 35.5. The summed E-state index contributed by atoms with van der Waals surface area (Å²) in [5, 5.41) is 3.27. The molecule has 0 bridgehead atoms. The van der Waals surface area contributed by atoms with E-state index in [-0.39, 0.29) is 15.5 Å². The van der Waals surface area contributed by atoms with E-state index in [4.69, 9.17) is 23.2 Å². The summed E-state index contributed by atoms with van der Waals surface area (Å²) in [6, 6.07) is 10.7. The van der Waals surface area contributed by atoms with E-state index in [1.54, 1.807) is 24.3 Å². The Bertz CT molecular complexity index is 834. The fraction of sp³-hybridized carbons (Fsp3) is 0.133. The van der Waals surface area contributed by atoms with Gasteiger partial charge in [0.15, 0.2) is 0 Å². The van der Waals surface area contributed by atoms with Crippen LogP contribution in [0.3, 0.4) is 0 Å². The summed E-state index contributed by atoms with van der Waals surface area (Å²) in [6.45, 7) is 0. The first-order chi connectivity index (χ1) is 10.7. The number of hydrogen-bond acceptors (Lipinski definition) is 3. The van der Waals surface area contributed by atoms with Crippen LogP contribution in [-0.2, 0) is 10.0 Å². The second-order valence-corrected chi connectivity index (χ2v) is 7.86. The predicted molar refractivity (Wildman–Crippen MR) is 91.7 cm³/mol. The van der Waals surface area contributed by atoms with Gasteiger partial charge in [-0.05, 0) is 42.5 Å². The van der Waals surface area contributed by atoms with Crippen molar-refractivity contribution in [1.29, 1.82) is 0 Å². The number of benzene rings is 2. The number of sulfonamides is 1. The zero-order valence-corrected chi connectivity index (χ0v) is 14.7. The highest BCUT2D eigenvalue weighted by Crippen LogP contribution is 2.25. The molecule has 1 amide bonds. The lowest BCUT2D eigenvalue weighted by atomic mass is 10.2. The Morgan fingerprint density at radius 1 is 1.04 bits per heavy atom. The minimum atomic E-state index is -3.74. The third kappa shape index (κ3) is 4.03. The summed E-state index contributed by atoms with van der Waals surface area (Å²) in [4.78, 5) is 12.1. The smallest absolute Gasteiger partial charge is 0.255 e. The molecule has 5 nitrogen and oxygen atoms in total. The second-order valence-electron chi connectivity index (χ2n) is 4.89. The number of carbonyl (C=O) groups excluding carboxylic acids is 1. The summed E-state index contributed by atoms with van der Waals surface area (Å²) in [7, 11) is -0.948. The zero-order valence-electron chi connectivity index (χ0n) is 12.4. The average molecular weight is 373 g/mol. The van der Waals surface area contributed by atoms with Gasteiger partial charge in [-0.25, -0.2) is 12.7 Å². The van der Waals surface area contributed by atoms with E-state index in [9.17, 15) is 13.2 Å². The Morgan fingerprint density at radius 2 is 1.65 bits per heavy atom. The molecule has 2 aromatic carbocycles. The van der Waals surface area contributed by atoms with Crippen molar-refractivity contribution in [3.8, 4) is 0 Å². The fourth-order valence-corrected chi connectivity index (χ4v) is 3.30. The van der Waals surface area contributed by atoms with Crippen LogP contribution >= 0.6 is 23.2 Å². The van der Waals surface area contributed by atoms with Crippen LogP contribution in [0.15, 0.2) is 47.4 Å². The molecule has 0 aromatic heterocycles. The maximum absolute atomic E-state index is 12.3. The first-order valence-corrected chi connectivity index (χ1v) is 8.70. The van der Waals surface area contributed by atoms with Crippen molar-refractivity contribution >= 4 is 44.8 Å². The highest BCUT2D eigenvalue weighted by Gasteiger charge is 2.22. The molecule has 0 saturated heterocycles. The third-order valence-corrected chi connectivity index (χ3v) is 5.60. The minimum Gasteiger partial charge on any atom is -0.322 e. The van der Waals surface area contributed by atoms with Crippen LogP contribution in [0.5, 0.6) is 0 Å². The van der Waals surface area contributed by atoms with Crippen LogP contribution < -0.4 is 5.32 Å². The van der Waals surface area contributed by atoms with Gasteiger partial charge in [-0.2, -0.15) is 0 Å². The summed E-state index contributed by atoms with van der Waals surface area (Å²) < 4.78 is 25.5. The van der Waals surface area contributed by atoms with Crippen molar-refractivity contribution in [2.75, 3.05) is 19.4 Å². The molecule has 0 aliphatic rings. The van der Waals surface area contributed by atoms with Crippen molar-refractivity contribution in [3.63, 3.8) is 0 Å². The highest BCUT2D eigenvalue weighted by molar-refractivity contribution is 7.89. The van der Waals surface area contributed by atoms with Crippen LogP contribution in [0.4, 0.5) is 5.69 Å². The zero-order chi connectivity index (χ0) is 17.2. The molecule has 0 saturated carbocycles. The summed E-state index contributed by atoms with van der Waals surface area (Å²) in [6.07, 6.45) is 0. The summed E-state index contributed by atoms with van der Waals surface area (Å²) in [5.41, 5.74) is 0.733. The molecule has 0 fully saturated rings. The quantitative estimate of drug-likeness (QED) is 0.892. The van der Waals surface area contributed by atoms with Gasteiger partial charge in [-0.1, -0.05) is 23.2 Å². The van der Waals surface area contributed by atoms with E-state index < -0.39 is 15.9 Å². The number of hydrogen-bond donors (Lipinski definition) is 1. The Balaban J connectivity index is 2.33. The minimum absolute atomic E-state index is 0.0572. The molecule has 2 aromatic rings. The van der Waals surface area contributed by atoms with E-state index in [0.717, 1.165) is 4.31 Å². The standard InChI is InChI=1S/C15H14Cl2N2O3S/c1-19(2)23(21,22)14-9-10(3-8-13(14)17)15(20)18-12-6-4-11(16)5-7-12/h3-9H,1-2H3,(H,18,20). The normalized spacial score (nSPS) is 11.5. The van der Waals surface area contributed by atoms with Gasteiger partial charge in [-0.15, -0.1) is 0 Å². The molecule has 0 aliphatic heterocycles. The van der Waals surface area contributed by atoms with Crippen molar-refractivity contribution in [2.24, 2.45) is 0 Å². The van der Waals surface area contributed by atoms with Gasteiger partial charge in [0, 0.05) is 30.4 Å². The number of carbonyl (C=O) groups is 1. The first kappa shape index (κ1) is 17.7. The van der Waals surface area contributed by atoms with E-state index in [1.165, 1.54) is 32.3 Å². The van der Waals surface area contributed by atoms with Gasteiger partial charge >= 0.3 is 0 Å². The van der Waals surface area contributed by atoms with Crippen molar-refractivity contribution in [3.05, 3.63) is 58.1 Å². The van der Waals surface area contributed by atoms with E-state index in [0.29, 0.717) is 10.7 Å². The third-order valence-electron chi connectivity index (χ3n) is 3.05. The monoisotopic (exact) mass is 372 g/mol. The van der Waals surface area contributed by atoms with E-state index >= 15 is 0 Å². The van der Waals surface area contributed by atoms with Crippen LogP contribution in [0.1, 0.15) is 10.4 Å². The number of nitrogens with one attached hydrogen (secondary N) is 1. The maximum atomic E-state index is 12.3. The predicted octanol–water partition coefficient (Wildman–Crippen LogP) is 3.50. The topological polar surface area (TPSA) is 66.5 Å². The van der Waals surface area contributed by atoms with Crippen LogP contribution in [0.2, 0.25) is 10.0 Å². The van der Waals surface area contributed by atoms with Crippen LogP contribution in [0.25, 0.3) is 0 Å². The summed E-state index contributed by atoms with van der Waals surface area (Å²) in [5.74, 6) is -0.445. The van der Waals surface area contributed by atoms with Crippen molar-refractivity contribution in [1.82, 2.24) is 4.31 Å². The van der Waals surface area contributed by atoms with Gasteiger partial charge < -0.3 is 5.32 Å². The molecular formula is C15H14Cl2N2O3S. The van der Waals surface area contributed by atoms with Gasteiger partial charge in [0.1, 0.15) is 4.90 Å². The molecule has 1 N–H and O–H groups in total. The average Bonchev–Trinajstić information content (AvgIpc) is 2.49. The molecule has 8 heteroatoms. The first-order valence-electron chi connectivity index (χ1n) is 6.51. The molecule has 0 heterocycles. The Hall–Kier alpha value is -1.60. The molecule has 0 spiro atoms. The molecule has 0 aliphatic carbocycles. The van der Waals surface area contributed by atoms with Gasteiger partial charge in [0.2, 0.25) is 10.0 Å². The second kappa shape index (κ2) is 6.88. The van der Waals surface area contributed by atoms with Gasteiger partial charge in [0.25, 0.3) is 5.91 Å². The van der Waals surface area contributed by atoms with Crippen molar-refractivity contribution < 1.29 is 13.2 Å². The Morgan fingerprint density at radius 3 is 2.22 bits per heavy atom. The fourth-order valence-electron chi connectivity index (χ4n) is 1.78. The molecule has 0 unspecified atom stereocenters. The number of anilines is 1. The number of rotatable bonds is 4. The van der Waals surface area contributed by atoms with Crippen LogP contribution in [0, 0.1) is 0 Å². The lowest BCUT2D eigenvalue weighted by Crippen LogP contribution is -2.23. The van der Waals surface area contributed by atoms with Crippen LogP contribution in [-0.4, -0.2) is 32.7 Å². The summed E-state index contributed by atoms with van der Waals surface area (Å²) >= 11 is 11.7.